The van der Waals surface area contributed by atoms with Crippen molar-refractivity contribution in [3.8, 4) is 0 Å². The van der Waals surface area contributed by atoms with Crippen molar-refractivity contribution in [2.45, 2.75) is 31.5 Å². The first-order valence-electron chi connectivity index (χ1n) is 9.57. The van der Waals surface area contributed by atoms with E-state index < -0.39 is 42.3 Å². The molecule has 0 aliphatic carbocycles. The zero-order valence-corrected chi connectivity index (χ0v) is 16.3. The Balaban J connectivity index is 1.50. The van der Waals surface area contributed by atoms with Gasteiger partial charge in [0.2, 0.25) is 11.8 Å². The van der Waals surface area contributed by atoms with Crippen LogP contribution in [0.5, 0.6) is 0 Å². The third kappa shape index (κ3) is 5.51. The molecule has 8 nitrogen and oxygen atoms in total. The first-order chi connectivity index (χ1) is 14.4. The zero-order chi connectivity index (χ0) is 21.5. The molecule has 0 aromatic heterocycles. The second-order valence-corrected chi connectivity index (χ2v) is 7.03. The van der Waals surface area contributed by atoms with Crippen molar-refractivity contribution in [2.24, 2.45) is 5.73 Å². The minimum absolute atomic E-state index is 0.0460. The highest BCUT2D eigenvalue weighted by Crippen LogP contribution is 2.14. The van der Waals surface area contributed by atoms with Crippen molar-refractivity contribution in [1.29, 1.82) is 0 Å². The molecule has 3 amide bonds. The maximum Gasteiger partial charge on any atom is 0.326 e. The van der Waals surface area contributed by atoms with Crippen LogP contribution in [0.1, 0.15) is 17.5 Å². The number of carbonyl (C=O) groups is 4. The molecule has 0 unspecified atom stereocenters. The molecule has 1 aliphatic rings. The number of likely N-dealkylation sites (tertiary alicyclic amines) is 1. The Morgan fingerprint density at radius 2 is 1.63 bits per heavy atom. The number of ether oxygens (including phenoxy) is 1. The minimum Gasteiger partial charge on any atom is -0.459 e. The number of nitrogens with two attached hydrogens (primary N) is 1. The molecule has 8 heteroatoms. The second kappa shape index (κ2) is 9.80. The molecular formula is C22H23N3O5. The molecule has 2 aromatic carbocycles. The fraction of sp³-hybridized carbons (Fsp3) is 0.273. The van der Waals surface area contributed by atoms with E-state index >= 15 is 0 Å². The standard InChI is InChI=1S/C22H23N3O5/c23-17(11-15-7-3-1-4-8-15)21(28)24-18-12-19(26)25(22(18)29)13-20(27)30-14-16-9-5-2-6-10-16/h1-10,17-18H,11-14,23H2,(H,24,28)/t17-,18-/m0/s1. The lowest BCUT2D eigenvalue weighted by molar-refractivity contribution is -0.153. The summed E-state index contributed by atoms with van der Waals surface area (Å²) < 4.78 is 5.12. The highest BCUT2D eigenvalue weighted by Gasteiger charge is 2.41. The van der Waals surface area contributed by atoms with Crippen LogP contribution in [0.4, 0.5) is 0 Å². The molecule has 0 radical (unpaired) electrons. The van der Waals surface area contributed by atoms with Crippen LogP contribution in [0, 0.1) is 0 Å². The van der Waals surface area contributed by atoms with Crippen LogP contribution in [0.25, 0.3) is 0 Å². The minimum atomic E-state index is -1.03. The lowest BCUT2D eigenvalue weighted by Crippen LogP contribution is -2.49. The Morgan fingerprint density at radius 1 is 1.03 bits per heavy atom. The zero-order valence-electron chi connectivity index (χ0n) is 16.3. The SMILES string of the molecule is N[C@@H](Cc1ccccc1)C(=O)N[C@H]1CC(=O)N(CC(=O)OCc2ccccc2)C1=O. The van der Waals surface area contributed by atoms with E-state index in [1.54, 1.807) is 12.1 Å². The number of rotatable bonds is 8. The average Bonchev–Trinajstić information content (AvgIpc) is 3.01. The number of nitrogens with one attached hydrogen (secondary N) is 1. The van der Waals surface area contributed by atoms with Gasteiger partial charge in [0.1, 0.15) is 19.2 Å². The first kappa shape index (κ1) is 21.2. The lowest BCUT2D eigenvalue weighted by atomic mass is 10.1. The molecular weight excluding hydrogens is 386 g/mol. The van der Waals surface area contributed by atoms with Gasteiger partial charge in [-0.05, 0) is 17.5 Å². The maximum absolute atomic E-state index is 12.5. The lowest BCUT2D eigenvalue weighted by Gasteiger charge is -2.17. The molecule has 156 valence electrons. The van der Waals surface area contributed by atoms with Gasteiger partial charge in [0, 0.05) is 0 Å². The first-order valence-corrected chi connectivity index (χ1v) is 9.57. The highest BCUT2D eigenvalue weighted by molar-refractivity contribution is 6.08. The van der Waals surface area contributed by atoms with Crippen LogP contribution in [0.15, 0.2) is 60.7 Å². The maximum atomic E-state index is 12.5. The fourth-order valence-corrected chi connectivity index (χ4v) is 3.11. The normalized spacial score (nSPS) is 17.0. The van der Waals surface area contributed by atoms with Crippen LogP contribution in [-0.4, -0.2) is 47.2 Å². The van der Waals surface area contributed by atoms with Gasteiger partial charge in [0.05, 0.1) is 12.5 Å². The van der Waals surface area contributed by atoms with Crippen LogP contribution in [-0.2, 0) is 36.9 Å². The van der Waals surface area contributed by atoms with Crippen molar-refractivity contribution < 1.29 is 23.9 Å². The molecule has 2 atom stereocenters. The Hall–Kier alpha value is -3.52. The summed E-state index contributed by atoms with van der Waals surface area (Å²) in [4.78, 5) is 49.8. The van der Waals surface area contributed by atoms with Gasteiger partial charge in [0.25, 0.3) is 5.91 Å². The molecule has 1 heterocycles. The number of esters is 1. The van der Waals surface area contributed by atoms with Crippen LogP contribution in [0.2, 0.25) is 0 Å². The second-order valence-electron chi connectivity index (χ2n) is 7.03. The molecule has 0 saturated carbocycles. The summed E-state index contributed by atoms with van der Waals surface area (Å²) in [6.07, 6.45) is 0.0889. The van der Waals surface area contributed by atoms with E-state index in [4.69, 9.17) is 10.5 Å². The predicted octanol–water partition coefficient (Wildman–Crippen LogP) is 0.544. The largest absolute Gasteiger partial charge is 0.459 e. The van der Waals surface area contributed by atoms with Gasteiger partial charge in [-0.3, -0.25) is 24.1 Å². The third-order valence-electron chi connectivity index (χ3n) is 4.73. The van der Waals surface area contributed by atoms with Gasteiger partial charge in [-0.15, -0.1) is 0 Å². The van der Waals surface area contributed by atoms with Gasteiger partial charge >= 0.3 is 5.97 Å². The van der Waals surface area contributed by atoms with E-state index in [0.29, 0.717) is 6.42 Å². The molecule has 0 spiro atoms. The Bertz CT molecular complexity index is 917. The summed E-state index contributed by atoms with van der Waals surface area (Å²) in [5.74, 6) is -2.41. The number of nitrogens with zero attached hydrogens (tertiary/aromatic N) is 1. The molecule has 1 fully saturated rings. The molecule has 3 rings (SSSR count). The number of carbonyl (C=O) groups excluding carboxylic acids is 4. The highest BCUT2D eigenvalue weighted by atomic mass is 16.5. The number of amides is 3. The topological polar surface area (TPSA) is 119 Å². The summed E-state index contributed by atoms with van der Waals surface area (Å²) in [6.45, 7) is -0.447. The summed E-state index contributed by atoms with van der Waals surface area (Å²) in [5.41, 5.74) is 7.60. The van der Waals surface area contributed by atoms with Crippen molar-refractivity contribution in [2.75, 3.05) is 6.54 Å². The molecule has 2 aromatic rings. The molecule has 30 heavy (non-hydrogen) atoms. The molecule has 3 N–H and O–H groups in total. The number of hydrogen-bond acceptors (Lipinski definition) is 6. The van der Waals surface area contributed by atoms with Gasteiger partial charge in [-0.2, -0.15) is 0 Å². The molecule has 0 bridgehead atoms. The van der Waals surface area contributed by atoms with Crippen LogP contribution < -0.4 is 11.1 Å². The monoisotopic (exact) mass is 409 g/mol. The average molecular weight is 409 g/mol. The quantitative estimate of drug-likeness (QED) is 0.485. The molecule has 1 saturated heterocycles. The van der Waals surface area contributed by atoms with Crippen LogP contribution >= 0.6 is 0 Å². The summed E-state index contributed by atoms with van der Waals surface area (Å²) in [6, 6.07) is 16.4. The van der Waals surface area contributed by atoms with Gasteiger partial charge < -0.3 is 15.8 Å². The Kier molecular flexibility index (Phi) is 6.92. The van der Waals surface area contributed by atoms with E-state index in [0.717, 1.165) is 16.0 Å². The molecule has 1 aliphatic heterocycles. The Morgan fingerprint density at radius 3 is 2.27 bits per heavy atom. The van der Waals surface area contributed by atoms with E-state index in [1.165, 1.54) is 0 Å². The summed E-state index contributed by atoms with van der Waals surface area (Å²) in [5, 5.41) is 2.51. The van der Waals surface area contributed by atoms with Crippen LogP contribution in [0.3, 0.4) is 0 Å². The third-order valence-corrected chi connectivity index (χ3v) is 4.73. The number of benzene rings is 2. The van der Waals surface area contributed by atoms with Crippen molar-refractivity contribution in [1.82, 2.24) is 10.2 Å². The summed E-state index contributed by atoms with van der Waals surface area (Å²) >= 11 is 0. The van der Waals surface area contributed by atoms with E-state index in [1.807, 2.05) is 48.5 Å². The van der Waals surface area contributed by atoms with Gasteiger partial charge in [-0.1, -0.05) is 60.7 Å². The van der Waals surface area contributed by atoms with E-state index in [2.05, 4.69) is 5.32 Å². The predicted molar refractivity (Wildman–Crippen MR) is 108 cm³/mol. The number of hydrogen-bond donors (Lipinski definition) is 2. The summed E-state index contributed by atoms with van der Waals surface area (Å²) in [7, 11) is 0. The number of imide groups is 1. The van der Waals surface area contributed by atoms with Crippen molar-refractivity contribution in [3.63, 3.8) is 0 Å². The fourth-order valence-electron chi connectivity index (χ4n) is 3.11. The van der Waals surface area contributed by atoms with Crippen molar-refractivity contribution in [3.05, 3.63) is 71.8 Å². The smallest absolute Gasteiger partial charge is 0.326 e. The van der Waals surface area contributed by atoms with Gasteiger partial charge in [-0.25, -0.2) is 0 Å². The van der Waals surface area contributed by atoms with Crippen molar-refractivity contribution >= 4 is 23.7 Å². The van der Waals surface area contributed by atoms with Gasteiger partial charge in [0.15, 0.2) is 0 Å². The Labute approximate surface area is 174 Å². The van der Waals surface area contributed by atoms with E-state index in [-0.39, 0.29) is 13.0 Å². The van der Waals surface area contributed by atoms with E-state index in [9.17, 15) is 19.2 Å².